The van der Waals surface area contributed by atoms with Crippen LogP contribution in [0.2, 0.25) is 0 Å². The first-order valence-electron chi connectivity index (χ1n) is 9.05. The Morgan fingerprint density at radius 1 is 1.17 bits per heavy atom. The van der Waals surface area contributed by atoms with Crippen LogP contribution in [-0.2, 0) is 19.4 Å². The number of aryl methyl sites for hydroxylation is 2. The maximum atomic E-state index is 5.41. The summed E-state index contributed by atoms with van der Waals surface area (Å²) in [6.07, 6.45) is 7.04. The number of hydrogen-bond acceptors (Lipinski definition) is 5. The first-order chi connectivity index (χ1) is 11.8. The molecular weight excluding hydrogens is 318 g/mol. The monoisotopic (exact) mass is 345 g/mol. The zero-order chi connectivity index (χ0) is 16.6. The average Bonchev–Trinajstić information content (AvgIpc) is 3.08. The second kappa shape index (κ2) is 9.23. The molecule has 0 spiro atoms. The topological polar surface area (TPSA) is 51.0 Å². The minimum absolute atomic E-state index is 0.573. The standard InChI is InChI=1S/C19H27N3OS/c1-2-24-17-11-7-6-10-16(17)20-14-19-21-18(22-23-19)13-12-15-8-4-3-5-9-15/h3-5,8-9,16-17,20H,2,6-7,10-14H2,1H3/t16-,17+/m1/s1. The molecule has 0 bridgehead atoms. The second-order valence-electron chi connectivity index (χ2n) is 6.36. The summed E-state index contributed by atoms with van der Waals surface area (Å²) in [5, 5.41) is 8.49. The minimum atomic E-state index is 0.573. The van der Waals surface area contributed by atoms with Gasteiger partial charge < -0.3 is 9.84 Å². The summed E-state index contributed by atoms with van der Waals surface area (Å²) in [6.45, 7) is 2.93. The van der Waals surface area contributed by atoms with Gasteiger partial charge in [-0.3, -0.25) is 0 Å². The first kappa shape index (κ1) is 17.5. The Kier molecular flexibility index (Phi) is 6.73. The Morgan fingerprint density at radius 3 is 2.83 bits per heavy atom. The van der Waals surface area contributed by atoms with Crippen LogP contribution in [0.1, 0.15) is 49.9 Å². The second-order valence-corrected chi connectivity index (χ2v) is 7.87. The van der Waals surface area contributed by atoms with Crippen molar-refractivity contribution in [3.05, 3.63) is 47.6 Å². The van der Waals surface area contributed by atoms with Crippen molar-refractivity contribution in [2.45, 2.75) is 63.3 Å². The lowest BCUT2D eigenvalue weighted by molar-refractivity contribution is 0.330. The number of nitrogens with one attached hydrogen (secondary N) is 1. The Hall–Kier alpha value is -1.33. The molecule has 0 unspecified atom stereocenters. The molecule has 24 heavy (non-hydrogen) atoms. The van der Waals surface area contributed by atoms with E-state index in [1.807, 2.05) is 6.07 Å². The molecule has 2 aromatic rings. The van der Waals surface area contributed by atoms with Crippen molar-refractivity contribution in [3.8, 4) is 0 Å². The molecule has 5 heteroatoms. The third-order valence-electron chi connectivity index (χ3n) is 4.59. The molecule has 4 nitrogen and oxygen atoms in total. The van der Waals surface area contributed by atoms with Gasteiger partial charge in [0.15, 0.2) is 5.82 Å². The van der Waals surface area contributed by atoms with Gasteiger partial charge in [0.05, 0.1) is 6.54 Å². The summed E-state index contributed by atoms with van der Waals surface area (Å²) < 4.78 is 5.41. The summed E-state index contributed by atoms with van der Waals surface area (Å²) in [5.41, 5.74) is 1.31. The van der Waals surface area contributed by atoms with Crippen LogP contribution in [0.3, 0.4) is 0 Å². The average molecular weight is 346 g/mol. The quantitative estimate of drug-likeness (QED) is 0.783. The molecule has 1 N–H and O–H groups in total. The van der Waals surface area contributed by atoms with Gasteiger partial charge in [0, 0.05) is 17.7 Å². The number of hydrogen-bond donors (Lipinski definition) is 1. The molecule has 2 atom stereocenters. The molecule has 1 aliphatic carbocycles. The Labute approximate surface area is 148 Å². The van der Waals surface area contributed by atoms with E-state index in [0.29, 0.717) is 18.5 Å². The van der Waals surface area contributed by atoms with Crippen molar-refractivity contribution in [3.63, 3.8) is 0 Å². The Morgan fingerprint density at radius 2 is 2.00 bits per heavy atom. The van der Waals surface area contributed by atoms with E-state index in [-0.39, 0.29) is 0 Å². The molecule has 0 aliphatic heterocycles. The van der Waals surface area contributed by atoms with Gasteiger partial charge in [-0.15, -0.1) is 0 Å². The third-order valence-corrected chi connectivity index (χ3v) is 5.91. The van der Waals surface area contributed by atoms with Crippen LogP contribution in [-0.4, -0.2) is 27.2 Å². The molecule has 0 saturated heterocycles. The van der Waals surface area contributed by atoms with Gasteiger partial charge in [-0.05, 0) is 30.6 Å². The molecular formula is C19H27N3OS. The first-order valence-corrected chi connectivity index (χ1v) is 10.1. The highest BCUT2D eigenvalue weighted by atomic mass is 32.2. The zero-order valence-corrected chi connectivity index (χ0v) is 15.2. The molecule has 0 amide bonds. The molecule has 3 rings (SSSR count). The van der Waals surface area contributed by atoms with E-state index < -0.39 is 0 Å². The number of thioether (sulfide) groups is 1. The molecule has 1 fully saturated rings. The lowest BCUT2D eigenvalue weighted by Crippen LogP contribution is -2.40. The third kappa shape index (κ3) is 5.08. The van der Waals surface area contributed by atoms with Crippen molar-refractivity contribution in [2.24, 2.45) is 0 Å². The summed E-state index contributed by atoms with van der Waals surface area (Å²) >= 11 is 2.08. The molecule has 0 radical (unpaired) electrons. The van der Waals surface area contributed by atoms with E-state index in [1.54, 1.807) is 0 Å². The smallest absolute Gasteiger partial charge is 0.240 e. The van der Waals surface area contributed by atoms with Gasteiger partial charge in [0.25, 0.3) is 0 Å². The van der Waals surface area contributed by atoms with Gasteiger partial charge in [-0.2, -0.15) is 16.7 Å². The van der Waals surface area contributed by atoms with Crippen LogP contribution in [0.15, 0.2) is 34.9 Å². The lowest BCUT2D eigenvalue weighted by atomic mass is 9.95. The fourth-order valence-corrected chi connectivity index (χ4v) is 4.55. The van der Waals surface area contributed by atoms with E-state index in [9.17, 15) is 0 Å². The molecule has 1 aromatic heterocycles. The van der Waals surface area contributed by atoms with Crippen molar-refractivity contribution in [1.82, 2.24) is 15.5 Å². The summed E-state index contributed by atoms with van der Waals surface area (Å²) in [7, 11) is 0. The minimum Gasteiger partial charge on any atom is -0.338 e. The predicted octanol–water partition coefficient (Wildman–Crippen LogP) is 4.01. The van der Waals surface area contributed by atoms with Gasteiger partial charge >= 0.3 is 0 Å². The number of nitrogens with zero attached hydrogens (tertiary/aromatic N) is 2. The zero-order valence-electron chi connectivity index (χ0n) is 14.4. The summed E-state index contributed by atoms with van der Waals surface area (Å²) in [4.78, 5) is 4.53. The van der Waals surface area contributed by atoms with Crippen LogP contribution >= 0.6 is 11.8 Å². The fraction of sp³-hybridized carbons (Fsp3) is 0.579. The largest absolute Gasteiger partial charge is 0.338 e. The number of aromatic nitrogens is 2. The van der Waals surface area contributed by atoms with E-state index in [1.165, 1.54) is 37.0 Å². The molecule has 1 heterocycles. The van der Waals surface area contributed by atoms with Gasteiger partial charge in [0.2, 0.25) is 5.89 Å². The van der Waals surface area contributed by atoms with Crippen LogP contribution in [0, 0.1) is 0 Å². The van der Waals surface area contributed by atoms with E-state index in [2.05, 4.69) is 58.4 Å². The van der Waals surface area contributed by atoms with Crippen LogP contribution < -0.4 is 5.32 Å². The molecule has 1 aromatic carbocycles. The summed E-state index contributed by atoms with van der Waals surface area (Å²) in [6, 6.07) is 11.0. The highest BCUT2D eigenvalue weighted by molar-refractivity contribution is 7.99. The van der Waals surface area contributed by atoms with Crippen molar-refractivity contribution in [2.75, 3.05) is 5.75 Å². The normalized spacial score (nSPS) is 21.0. The lowest BCUT2D eigenvalue weighted by Gasteiger charge is -2.31. The number of benzene rings is 1. The molecule has 1 saturated carbocycles. The van der Waals surface area contributed by atoms with Crippen molar-refractivity contribution >= 4 is 11.8 Å². The summed E-state index contributed by atoms with van der Waals surface area (Å²) in [5.74, 6) is 2.70. The highest BCUT2D eigenvalue weighted by Gasteiger charge is 2.25. The predicted molar refractivity (Wildman–Crippen MR) is 99.2 cm³/mol. The van der Waals surface area contributed by atoms with Crippen LogP contribution in [0.25, 0.3) is 0 Å². The maximum absolute atomic E-state index is 5.41. The van der Waals surface area contributed by atoms with E-state index >= 15 is 0 Å². The maximum Gasteiger partial charge on any atom is 0.240 e. The van der Waals surface area contributed by atoms with E-state index in [0.717, 1.165) is 23.9 Å². The van der Waals surface area contributed by atoms with Crippen LogP contribution in [0.5, 0.6) is 0 Å². The SMILES string of the molecule is CCS[C@H]1CCCC[C@H]1NCc1nc(CCc2ccccc2)no1. The molecule has 130 valence electrons. The Bertz CT molecular complexity index is 600. The van der Waals surface area contributed by atoms with Crippen molar-refractivity contribution < 1.29 is 4.52 Å². The van der Waals surface area contributed by atoms with Gasteiger partial charge in [0.1, 0.15) is 0 Å². The van der Waals surface area contributed by atoms with E-state index in [4.69, 9.17) is 4.52 Å². The van der Waals surface area contributed by atoms with Crippen LogP contribution in [0.4, 0.5) is 0 Å². The Balaban J connectivity index is 1.47. The number of rotatable bonds is 8. The highest BCUT2D eigenvalue weighted by Crippen LogP contribution is 2.28. The van der Waals surface area contributed by atoms with Crippen molar-refractivity contribution in [1.29, 1.82) is 0 Å². The fourth-order valence-electron chi connectivity index (χ4n) is 3.33. The van der Waals surface area contributed by atoms with Gasteiger partial charge in [-0.1, -0.05) is 55.3 Å². The van der Waals surface area contributed by atoms with Gasteiger partial charge in [-0.25, -0.2) is 0 Å². The molecule has 1 aliphatic rings.